The summed E-state index contributed by atoms with van der Waals surface area (Å²) < 4.78 is 37.8. The second kappa shape index (κ2) is 11.0. The summed E-state index contributed by atoms with van der Waals surface area (Å²) in [5, 5.41) is 3.48. The first-order valence-corrected chi connectivity index (χ1v) is 12.5. The van der Waals surface area contributed by atoms with Crippen LogP contribution in [0, 0.1) is 5.92 Å². The van der Waals surface area contributed by atoms with Crippen molar-refractivity contribution < 1.29 is 22.7 Å². The lowest BCUT2D eigenvalue weighted by molar-refractivity contribution is -0.126. The molecule has 1 saturated heterocycles. The van der Waals surface area contributed by atoms with E-state index < -0.39 is 10.0 Å². The molecule has 0 saturated carbocycles. The number of halogens is 1. The number of amides is 1. The molecule has 0 spiro atoms. The first-order chi connectivity index (χ1) is 15.3. The molecule has 0 bridgehead atoms. The summed E-state index contributed by atoms with van der Waals surface area (Å²) in [6.45, 7) is 2.88. The maximum absolute atomic E-state index is 12.7. The summed E-state index contributed by atoms with van der Waals surface area (Å²) in [5.41, 5.74) is 0.656. The van der Waals surface area contributed by atoms with Gasteiger partial charge in [-0.3, -0.25) is 4.79 Å². The largest absolute Gasteiger partial charge is 0.497 e. The smallest absolute Gasteiger partial charge is 0.223 e. The van der Waals surface area contributed by atoms with Crippen LogP contribution in [0.2, 0.25) is 5.02 Å². The molecule has 1 unspecified atom stereocenters. The van der Waals surface area contributed by atoms with Gasteiger partial charge in [0.1, 0.15) is 18.1 Å². The van der Waals surface area contributed by atoms with Crippen molar-refractivity contribution in [1.29, 1.82) is 0 Å². The van der Waals surface area contributed by atoms with Crippen LogP contribution in [0.15, 0.2) is 48.5 Å². The van der Waals surface area contributed by atoms with E-state index in [-0.39, 0.29) is 23.6 Å². The summed E-state index contributed by atoms with van der Waals surface area (Å²) in [4.78, 5) is 12.6. The third kappa shape index (κ3) is 6.85. The maximum atomic E-state index is 12.7. The van der Waals surface area contributed by atoms with Crippen molar-refractivity contribution in [3.8, 4) is 11.5 Å². The Balaban J connectivity index is 1.44. The number of nitrogens with one attached hydrogen (secondary N) is 1. The number of rotatable bonds is 9. The van der Waals surface area contributed by atoms with Crippen LogP contribution in [0.4, 0.5) is 0 Å². The minimum absolute atomic E-state index is 0.0669. The fourth-order valence-corrected chi connectivity index (χ4v) is 5.38. The minimum atomic E-state index is -3.46. The fourth-order valence-electron chi connectivity index (χ4n) is 3.62. The fraction of sp³-hybridized carbons (Fsp3) is 0.435. The number of carbonyl (C=O) groups is 1. The van der Waals surface area contributed by atoms with Crippen molar-refractivity contribution in [2.75, 3.05) is 26.8 Å². The third-order valence-corrected chi connectivity index (χ3v) is 7.49. The molecule has 3 rings (SSSR count). The van der Waals surface area contributed by atoms with Crippen molar-refractivity contribution >= 4 is 27.5 Å². The third-order valence-electron chi connectivity index (χ3n) is 5.40. The first-order valence-electron chi connectivity index (χ1n) is 10.6. The highest BCUT2D eigenvalue weighted by atomic mass is 35.5. The molecule has 1 N–H and O–H groups in total. The van der Waals surface area contributed by atoms with E-state index in [9.17, 15) is 13.2 Å². The number of methoxy groups -OCH3 is 1. The number of hydrogen-bond acceptors (Lipinski definition) is 5. The predicted molar refractivity (Wildman–Crippen MR) is 124 cm³/mol. The molecule has 1 heterocycles. The van der Waals surface area contributed by atoms with Crippen LogP contribution >= 0.6 is 11.6 Å². The van der Waals surface area contributed by atoms with Crippen molar-refractivity contribution in [2.45, 2.75) is 31.6 Å². The Kier molecular flexibility index (Phi) is 8.39. The van der Waals surface area contributed by atoms with E-state index in [1.165, 1.54) is 4.31 Å². The van der Waals surface area contributed by atoms with Crippen LogP contribution in [0.5, 0.6) is 11.5 Å². The number of sulfonamides is 1. The van der Waals surface area contributed by atoms with Crippen LogP contribution in [0.25, 0.3) is 0 Å². The highest BCUT2D eigenvalue weighted by Gasteiger charge is 2.31. The van der Waals surface area contributed by atoms with Crippen molar-refractivity contribution in [3.63, 3.8) is 0 Å². The van der Waals surface area contributed by atoms with Crippen LogP contribution in [0.3, 0.4) is 0 Å². The van der Waals surface area contributed by atoms with E-state index in [2.05, 4.69) is 5.32 Å². The van der Waals surface area contributed by atoms with Gasteiger partial charge in [0.25, 0.3) is 0 Å². The zero-order valence-corrected chi connectivity index (χ0v) is 19.9. The Morgan fingerprint density at radius 3 is 2.44 bits per heavy atom. The van der Waals surface area contributed by atoms with E-state index in [1.54, 1.807) is 31.4 Å². The molecule has 9 heteroatoms. The normalized spacial score (nSPS) is 16.3. The van der Waals surface area contributed by atoms with Gasteiger partial charge in [-0.25, -0.2) is 12.7 Å². The molecule has 1 atom stereocenters. The Labute approximate surface area is 194 Å². The summed E-state index contributed by atoms with van der Waals surface area (Å²) in [6, 6.07) is 13.9. The van der Waals surface area contributed by atoms with E-state index in [4.69, 9.17) is 21.1 Å². The molecular weight excluding hydrogens is 452 g/mol. The molecule has 1 aliphatic rings. The van der Waals surface area contributed by atoms with E-state index in [0.29, 0.717) is 48.9 Å². The average molecular weight is 481 g/mol. The highest BCUT2D eigenvalue weighted by molar-refractivity contribution is 7.88. The molecule has 1 fully saturated rings. The van der Waals surface area contributed by atoms with Gasteiger partial charge in [0.2, 0.25) is 15.9 Å². The number of hydrogen-bond donors (Lipinski definition) is 1. The lowest BCUT2D eigenvalue weighted by Crippen LogP contribution is -2.46. The Morgan fingerprint density at radius 2 is 1.81 bits per heavy atom. The Morgan fingerprint density at radius 1 is 1.16 bits per heavy atom. The Hall–Kier alpha value is -2.29. The molecule has 2 aromatic carbocycles. The number of ether oxygens (including phenoxy) is 2. The topological polar surface area (TPSA) is 84.9 Å². The van der Waals surface area contributed by atoms with Gasteiger partial charge in [-0.1, -0.05) is 23.7 Å². The molecule has 1 aliphatic heterocycles. The van der Waals surface area contributed by atoms with E-state index in [1.807, 2.05) is 31.2 Å². The van der Waals surface area contributed by atoms with Crippen LogP contribution in [-0.4, -0.2) is 51.5 Å². The zero-order chi connectivity index (χ0) is 23.1. The average Bonchev–Trinajstić information content (AvgIpc) is 2.78. The van der Waals surface area contributed by atoms with Gasteiger partial charge in [-0.2, -0.15) is 0 Å². The van der Waals surface area contributed by atoms with Crippen LogP contribution < -0.4 is 14.8 Å². The standard InChI is InChI=1S/C23H29ClN2O5S/c1-17(15-31-22-8-6-21(30-2)7-9-22)25-23(27)19-10-12-26(13-11-19)32(28,29)16-18-4-3-5-20(24)14-18/h3-9,14,17,19H,10-13,15-16H2,1-2H3,(H,25,27). The minimum Gasteiger partial charge on any atom is -0.497 e. The van der Waals surface area contributed by atoms with Crippen LogP contribution in [-0.2, 0) is 20.6 Å². The molecule has 0 aliphatic carbocycles. The zero-order valence-electron chi connectivity index (χ0n) is 18.3. The molecule has 1 amide bonds. The predicted octanol–water partition coefficient (Wildman–Crippen LogP) is 3.47. The van der Waals surface area contributed by atoms with Crippen molar-refractivity contribution in [2.24, 2.45) is 5.92 Å². The second-order valence-electron chi connectivity index (χ2n) is 7.96. The summed E-state index contributed by atoms with van der Waals surface area (Å²) in [6.07, 6.45) is 0.985. The summed E-state index contributed by atoms with van der Waals surface area (Å²) >= 11 is 5.96. The van der Waals surface area contributed by atoms with Crippen LogP contribution in [0.1, 0.15) is 25.3 Å². The van der Waals surface area contributed by atoms with Gasteiger partial charge in [0.15, 0.2) is 0 Å². The van der Waals surface area contributed by atoms with Crippen molar-refractivity contribution in [3.05, 3.63) is 59.1 Å². The van der Waals surface area contributed by atoms with Gasteiger partial charge in [0.05, 0.1) is 18.9 Å². The lowest BCUT2D eigenvalue weighted by atomic mass is 9.97. The summed E-state index contributed by atoms with van der Waals surface area (Å²) in [7, 11) is -1.85. The molecule has 32 heavy (non-hydrogen) atoms. The van der Waals surface area contributed by atoms with E-state index in [0.717, 1.165) is 5.75 Å². The molecule has 7 nitrogen and oxygen atoms in total. The Bertz CT molecular complexity index is 1010. The van der Waals surface area contributed by atoms with Crippen molar-refractivity contribution in [1.82, 2.24) is 9.62 Å². The maximum Gasteiger partial charge on any atom is 0.223 e. The van der Waals surface area contributed by atoms with Gasteiger partial charge in [-0.05, 0) is 61.7 Å². The second-order valence-corrected chi connectivity index (χ2v) is 10.4. The molecule has 174 valence electrons. The first kappa shape index (κ1) is 24.4. The number of piperidine rings is 1. The molecular formula is C23H29ClN2O5S. The number of benzene rings is 2. The number of carbonyl (C=O) groups excluding carboxylic acids is 1. The van der Waals surface area contributed by atoms with Gasteiger partial charge >= 0.3 is 0 Å². The molecule has 0 aromatic heterocycles. The molecule has 2 aromatic rings. The number of nitrogens with zero attached hydrogens (tertiary/aromatic N) is 1. The quantitative estimate of drug-likeness (QED) is 0.594. The van der Waals surface area contributed by atoms with Gasteiger partial charge < -0.3 is 14.8 Å². The molecule has 0 radical (unpaired) electrons. The monoisotopic (exact) mass is 480 g/mol. The lowest BCUT2D eigenvalue weighted by Gasteiger charge is -2.31. The SMILES string of the molecule is COc1ccc(OCC(C)NC(=O)C2CCN(S(=O)(=O)Cc3cccc(Cl)c3)CC2)cc1. The van der Waals surface area contributed by atoms with Gasteiger partial charge in [-0.15, -0.1) is 0 Å². The highest BCUT2D eigenvalue weighted by Crippen LogP contribution is 2.23. The van der Waals surface area contributed by atoms with E-state index >= 15 is 0 Å². The van der Waals surface area contributed by atoms with Gasteiger partial charge in [0, 0.05) is 24.0 Å². The summed E-state index contributed by atoms with van der Waals surface area (Å²) in [5.74, 6) is 1.08.